The van der Waals surface area contributed by atoms with Crippen molar-refractivity contribution < 1.29 is 84.6 Å². The molecule has 244 valence electrons. The first-order chi connectivity index (χ1) is 18.3. The Morgan fingerprint density at radius 1 is 0.762 bits per heavy atom. The van der Waals surface area contributed by atoms with E-state index in [1.807, 2.05) is 0 Å². The number of alkyl halides is 17. The normalized spacial score (nSPS) is 14.8. The van der Waals surface area contributed by atoms with E-state index in [-0.39, 0.29) is 28.2 Å². The molecule has 0 spiro atoms. The van der Waals surface area contributed by atoms with Crippen LogP contribution in [0.3, 0.4) is 0 Å². The molecule has 0 aromatic carbocycles. The summed E-state index contributed by atoms with van der Waals surface area (Å²) in [5.41, 5.74) is -0.875. The standard InChI is InChI=1S/C20H16ClF16NO3S/c1-5-8-7(4)42-10(9(8)11(39)41-6(2)3)38-12(40)13(22,23)14(24,25)15(26,27)16(28,29)17(30,31)18(32,33)19(34,35)20(21,36)37/h6H,5H2,1-4H3,(H,38,40). The fraction of sp³-hybridized carbons (Fsp3) is 0.700. The minimum absolute atomic E-state index is 0.00865. The second-order valence-corrected chi connectivity index (χ2v) is 10.3. The zero-order valence-electron chi connectivity index (χ0n) is 20.8. The second-order valence-electron chi connectivity index (χ2n) is 8.62. The minimum Gasteiger partial charge on any atom is -0.459 e. The SMILES string of the molecule is CCc1c(C)sc(NC(=O)C(F)(F)C(F)(F)C(F)(F)C(F)(F)C(F)(F)C(F)(F)C(F)(F)C(F)(F)Cl)c1C(=O)OC(C)C. The minimum atomic E-state index is -8.70. The van der Waals surface area contributed by atoms with Crippen LogP contribution in [0, 0.1) is 6.92 Å². The van der Waals surface area contributed by atoms with Gasteiger partial charge in [0.15, 0.2) is 0 Å². The number of carbonyl (C=O) groups is 2. The molecule has 4 nitrogen and oxygen atoms in total. The third kappa shape index (κ3) is 5.47. The highest BCUT2D eigenvalue weighted by atomic mass is 35.5. The van der Waals surface area contributed by atoms with Gasteiger partial charge in [-0.1, -0.05) is 6.92 Å². The summed E-state index contributed by atoms with van der Waals surface area (Å²) >= 11 is 3.63. The Labute approximate surface area is 233 Å². The number of rotatable bonds is 12. The van der Waals surface area contributed by atoms with E-state index < -0.39 is 75.4 Å². The lowest BCUT2D eigenvalue weighted by atomic mass is 9.89. The Balaban J connectivity index is 3.68. The van der Waals surface area contributed by atoms with Crippen LogP contribution in [0.25, 0.3) is 0 Å². The molecule has 0 atom stereocenters. The van der Waals surface area contributed by atoms with Gasteiger partial charge in [0.25, 0.3) is 0 Å². The third-order valence-electron chi connectivity index (χ3n) is 5.34. The monoisotopic (exact) mass is 689 g/mol. The van der Waals surface area contributed by atoms with Gasteiger partial charge in [-0.3, -0.25) is 4.79 Å². The van der Waals surface area contributed by atoms with Gasteiger partial charge in [0.1, 0.15) is 5.00 Å². The van der Waals surface area contributed by atoms with Crippen LogP contribution in [-0.2, 0) is 16.0 Å². The van der Waals surface area contributed by atoms with Gasteiger partial charge in [0, 0.05) is 4.88 Å². The van der Waals surface area contributed by atoms with E-state index in [4.69, 9.17) is 4.74 Å². The molecule has 1 amide bonds. The number of aryl methyl sites for hydroxylation is 1. The molecule has 1 N–H and O–H groups in total. The molecule has 0 unspecified atom stereocenters. The van der Waals surface area contributed by atoms with E-state index in [2.05, 4.69) is 11.6 Å². The van der Waals surface area contributed by atoms with Crippen molar-refractivity contribution in [2.24, 2.45) is 0 Å². The fourth-order valence-corrected chi connectivity index (χ4v) is 4.32. The van der Waals surface area contributed by atoms with E-state index in [1.54, 1.807) is 0 Å². The lowest BCUT2D eigenvalue weighted by molar-refractivity contribution is -0.445. The van der Waals surface area contributed by atoms with Crippen LogP contribution in [-0.4, -0.2) is 64.8 Å². The number of hydrogen-bond donors (Lipinski definition) is 1. The van der Waals surface area contributed by atoms with Gasteiger partial charge in [-0.05, 0) is 44.4 Å². The van der Waals surface area contributed by atoms with Gasteiger partial charge >= 0.3 is 58.7 Å². The smallest absolute Gasteiger partial charge is 0.393 e. The van der Waals surface area contributed by atoms with E-state index in [0.29, 0.717) is 0 Å². The zero-order chi connectivity index (χ0) is 33.9. The summed E-state index contributed by atoms with van der Waals surface area (Å²) in [7, 11) is 0. The Morgan fingerprint density at radius 3 is 1.50 bits per heavy atom. The summed E-state index contributed by atoms with van der Waals surface area (Å²) in [5.74, 6) is -62.7. The second kappa shape index (κ2) is 11.1. The molecule has 0 fully saturated rings. The highest BCUT2D eigenvalue weighted by molar-refractivity contribution is 7.16. The molecule has 0 saturated heterocycles. The number of hydrogen-bond acceptors (Lipinski definition) is 4. The summed E-state index contributed by atoms with van der Waals surface area (Å²) in [4.78, 5) is 24.3. The summed E-state index contributed by atoms with van der Waals surface area (Å²) in [6.07, 6.45) is -1.06. The van der Waals surface area contributed by atoms with Crippen LogP contribution < -0.4 is 5.32 Å². The number of carbonyl (C=O) groups excluding carboxylic acids is 2. The molecule has 0 bridgehead atoms. The van der Waals surface area contributed by atoms with Crippen LogP contribution in [0.1, 0.15) is 41.6 Å². The number of anilines is 1. The average Bonchev–Trinajstić information content (AvgIpc) is 3.11. The van der Waals surface area contributed by atoms with Crippen LogP contribution in [0.2, 0.25) is 0 Å². The molecular formula is C20H16ClF16NO3S. The molecule has 22 heteroatoms. The molecule has 1 heterocycles. The van der Waals surface area contributed by atoms with Crippen molar-refractivity contribution in [2.75, 3.05) is 5.32 Å². The first-order valence-corrected chi connectivity index (χ1v) is 11.9. The van der Waals surface area contributed by atoms with Gasteiger partial charge in [0.05, 0.1) is 11.7 Å². The van der Waals surface area contributed by atoms with Crippen molar-refractivity contribution in [3.63, 3.8) is 0 Å². The molecule has 0 radical (unpaired) electrons. The van der Waals surface area contributed by atoms with Crippen molar-refractivity contribution in [3.05, 3.63) is 16.0 Å². The summed E-state index contributed by atoms with van der Waals surface area (Å²) < 4.78 is 224. The summed E-state index contributed by atoms with van der Waals surface area (Å²) in [6.45, 7) is 5.05. The number of esters is 1. The van der Waals surface area contributed by atoms with Crippen molar-refractivity contribution in [1.29, 1.82) is 0 Å². The molecule has 0 aliphatic carbocycles. The Hall–Kier alpha value is -2.19. The predicted octanol–water partition coefficient (Wildman–Crippen LogP) is 8.40. The molecule has 1 rings (SSSR count). The number of nitrogens with one attached hydrogen (secondary N) is 1. The molecule has 0 aliphatic rings. The van der Waals surface area contributed by atoms with Gasteiger partial charge in [-0.2, -0.15) is 70.2 Å². The molecular weight excluding hydrogens is 674 g/mol. The Bertz CT molecular complexity index is 1190. The topological polar surface area (TPSA) is 55.4 Å². The summed E-state index contributed by atoms with van der Waals surface area (Å²) in [5, 5.41) is -7.18. The molecule has 0 aliphatic heterocycles. The molecule has 0 saturated carbocycles. The molecule has 42 heavy (non-hydrogen) atoms. The molecule has 1 aromatic heterocycles. The Kier molecular flexibility index (Phi) is 9.97. The average molecular weight is 690 g/mol. The van der Waals surface area contributed by atoms with Gasteiger partial charge in [-0.25, -0.2) is 4.79 Å². The van der Waals surface area contributed by atoms with E-state index >= 15 is 0 Å². The van der Waals surface area contributed by atoms with Gasteiger partial charge < -0.3 is 10.1 Å². The number of halogens is 17. The van der Waals surface area contributed by atoms with Crippen molar-refractivity contribution >= 4 is 39.8 Å². The first-order valence-electron chi connectivity index (χ1n) is 10.7. The van der Waals surface area contributed by atoms with Crippen molar-refractivity contribution in [1.82, 2.24) is 0 Å². The van der Waals surface area contributed by atoms with E-state index in [1.165, 1.54) is 27.7 Å². The number of amides is 1. The zero-order valence-corrected chi connectivity index (χ0v) is 22.4. The fourth-order valence-electron chi connectivity index (χ4n) is 3.07. The van der Waals surface area contributed by atoms with E-state index in [9.17, 15) is 79.8 Å². The summed E-state index contributed by atoms with van der Waals surface area (Å²) in [6, 6.07) is 0. The van der Waals surface area contributed by atoms with Crippen LogP contribution in [0.15, 0.2) is 0 Å². The maximum Gasteiger partial charge on any atom is 0.393 e. The van der Waals surface area contributed by atoms with E-state index in [0.717, 1.165) is 5.32 Å². The highest BCUT2D eigenvalue weighted by Gasteiger charge is 2.95. The van der Waals surface area contributed by atoms with Crippen molar-refractivity contribution in [3.8, 4) is 0 Å². The predicted molar refractivity (Wildman–Crippen MR) is 113 cm³/mol. The quantitative estimate of drug-likeness (QED) is 0.136. The number of ether oxygens (including phenoxy) is 1. The lowest BCUT2D eigenvalue weighted by Gasteiger charge is -2.42. The maximum absolute atomic E-state index is 14.3. The van der Waals surface area contributed by atoms with Crippen LogP contribution in [0.4, 0.5) is 75.2 Å². The highest BCUT2D eigenvalue weighted by Crippen LogP contribution is 2.64. The van der Waals surface area contributed by atoms with Crippen LogP contribution in [0.5, 0.6) is 0 Å². The van der Waals surface area contributed by atoms with Crippen molar-refractivity contribution in [2.45, 2.75) is 87.1 Å². The lowest BCUT2D eigenvalue weighted by Crippen LogP contribution is -2.75. The van der Waals surface area contributed by atoms with Gasteiger partial charge in [-0.15, -0.1) is 11.3 Å². The molecule has 1 aromatic rings. The van der Waals surface area contributed by atoms with Gasteiger partial charge in [0.2, 0.25) is 0 Å². The number of thiophene rings is 1. The maximum atomic E-state index is 14.3. The first kappa shape index (κ1) is 37.8. The third-order valence-corrected chi connectivity index (χ3v) is 6.64. The Morgan fingerprint density at radius 2 is 1.14 bits per heavy atom. The largest absolute Gasteiger partial charge is 0.459 e. The van der Waals surface area contributed by atoms with Crippen LogP contribution >= 0.6 is 22.9 Å².